The predicted octanol–water partition coefficient (Wildman–Crippen LogP) is 4.31. The van der Waals surface area contributed by atoms with Crippen LogP contribution in [-0.2, 0) is 0 Å². The molecule has 2 aromatic carbocycles. The third kappa shape index (κ3) is 2.95. The molecule has 4 heteroatoms. The highest BCUT2D eigenvalue weighted by atomic mass is 16.1. The summed E-state index contributed by atoms with van der Waals surface area (Å²) in [5.41, 5.74) is 3.79. The first-order valence-electron chi connectivity index (χ1n) is 8.24. The van der Waals surface area contributed by atoms with Crippen LogP contribution in [0.4, 0.5) is 5.82 Å². The van der Waals surface area contributed by atoms with Gasteiger partial charge >= 0.3 is 0 Å². The number of nitrogens with zero attached hydrogens (tertiary/aromatic N) is 2. The maximum atomic E-state index is 12.6. The minimum absolute atomic E-state index is 0.116. The van der Waals surface area contributed by atoms with Gasteiger partial charge in [-0.2, -0.15) is 5.10 Å². The van der Waals surface area contributed by atoms with Crippen LogP contribution in [0.1, 0.15) is 40.4 Å². The highest BCUT2D eigenvalue weighted by molar-refractivity contribution is 6.04. The second-order valence-electron chi connectivity index (χ2n) is 6.30. The van der Waals surface area contributed by atoms with E-state index in [2.05, 4.69) is 5.32 Å². The molecule has 120 valence electrons. The van der Waals surface area contributed by atoms with E-state index in [9.17, 15) is 4.79 Å². The van der Waals surface area contributed by atoms with Gasteiger partial charge in [0, 0.05) is 17.5 Å². The molecular formula is C20H19N3O. The van der Waals surface area contributed by atoms with Crippen molar-refractivity contribution in [3.05, 3.63) is 77.5 Å². The number of amides is 1. The second kappa shape index (κ2) is 5.96. The smallest absolute Gasteiger partial charge is 0.256 e. The van der Waals surface area contributed by atoms with Gasteiger partial charge < -0.3 is 5.32 Å². The summed E-state index contributed by atoms with van der Waals surface area (Å²) in [6.45, 7) is 2.01. The number of para-hydroxylation sites is 1. The van der Waals surface area contributed by atoms with Gasteiger partial charge in [0.25, 0.3) is 5.91 Å². The Hall–Kier alpha value is -2.88. The summed E-state index contributed by atoms with van der Waals surface area (Å²) in [7, 11) is 0. The topological polar surface area (TPSA) is 46.9 Å². The summed E-state index contributed by atoms with van der Waals surface area (Å²) in [6.07, 6.45) is 2.36. The Labute approximate surface area is 141 Å². The van der Waals surface area contributed by atoms with E-state index in [-0.39, 0.29) is 5.91 Å². The van der Waals surface area contributed by atoms with Crippen molar-refractivity contribution in [1.29, 1.82) is 0 Å². The number of hydrogen-bond acceptors (Lipinski definition) is 2. The molecule has 1 aliphatic carbocycles. The monoisotopic (exact) mass is 317 g/mol. The summed E-state index contributed by atoms with van der Waals surface area (Å²) in [4.78, 5) is 12.6. The van der Waals surface area contributed by atoms with Crippen molar-refractivity contribution in [2.24, 2.45) is 0 Å². The zero-order chi connectivity index (χ0) is 16.5. The minimum Gasteiger partial charge on any atom is -0.306 e. The molecule has 0 saturated heterocycles. The third-order valence-corrected chi connectivity index (χ3v) is 4.28. The first kappa shape index (κ1) is 14.7. The van der Waals surface area contributed by atoms with Gasteiger partial charge in [-0.15, -0.1) is 0 Å². The van der Waals surface area contributed by atoms with E-state index in [0.717, 1.165) is 16.9 Å². The fourth-order valence-electron chi connectivity index (χ4n) is 2.73. The normalized spacial score (nSPS) is 13.7. The van der Waals surface area contributed by atoms with Crippen LogP contribution in [0.5, 0.6) is 0 Å². The maximum Gasteiger partial charge on any atom is 0.256 e. The van der Waals surface area contributed by atoms with Gasteiger partial charge in [0.2, 0.25) is 0 Å². The van der Waals surface area contributed by atoms with E-state index in [0.29, 0.717) is 17.3 Å². The average molecular weight is 317 g/mol. The number of nitrogens with one attached hydrogen (secondary N) is 1. The molecule has 1 aromatic heterocycles. The van der Waals surface area contributed by atoms with E-state index >= 15 is 0 Å². The number of aryl methyl sites for hydroxylation is 1. The zero-order valence-electron chi connectivity index (χ0n) is 13.6. The molecule has 0 atom stereocenters. The number of aromatic nitrogens is 2. The fourth-order valence-corrected chi connectivity index (χ4v) is 2.73. The van der Waals surface area contributed by atoms with Crippen LogP contribution in [-0.4, -0.2) is 15.7 Å². The quantitative estimate of drug-likeness (QED) is 0.779. The van der Waals surface area contributed by atoms with E-state index in [1.54, 1.807) is 0 Å². The van der Waals surface area contributed by atoms with Gasteiger partial charge in [-0.1, -0.05) is 35.9 Å². The van der Waals surface area contributed by atoms with Crippen molar-refractivity contribution in [2.45, 2.75) is 25.7 Å². The maximum absolute atomic E-state index is 12.6. The Morgan fingerprint density at radius 3 is 2.46 bits per heavy atom. The van der Waals surface area contributed by atoms with Crippen LogP contribution in [0.25, 0.3) is 5.69 Å². The van der Waals surface area contributed by atoms with Crippen LogP contribution in [0.2, 0.25) is 0 Å². The lowest BCUT2D eigenvalue weighted by Crippen LogP contribution is -2.15. The Kier molecular flexibility index (Phi) is 3.65. The standard InChI is InChI=1S/C20H19N3O/c1-14-7-9-16(10-8-14)20(24)21-19-13-18(15-11-12-15)22-23(19)17-5-3-2-4-6-17/h2-10,13,15H,11-12H2,1H3,(H,21,24). The second-order valence-corrected chi connectivity index (χ2v) is 6.30. The lowest BCUT2D eigenvalue weighted by Gasteiger charge is -2.09. The molecule has 0 unspecified atom stereocenters. The van der Waals surface area contributed by atoms with Crippen molar-refractivity contribution in [1.82, 2.24) is 9.78 Å². The Morgan fingerprint density at radius 2 is 1.79 bits per heavy atom. The van der Waals surface area contributed by atoms with Crippen molar-refractivity contribution >= 4 is 11.7 Å². The van der Waals surface area contributed by atoms with Crippen molar-refractivity contribution in [2.75, 3.05) is 5.32 Å². The third-order valence-electron chi connectivity index (χ3n) is 4.28. The Balaban J connectivity index is 1.66. The molecule has 0 bridgehead atoms. The van der Waals surface area contributed by atoms with Crippen LogP contribution in [0, 0.1) is 6.92 Å². The number of benzene rings is 2. The first-order chi connectivity index (χ1) is 11.7. The molecule has 0 aliphatic heterocycles. The van der Waals surface area contributed by atoms with Crippen LogP contribution < -0.4 is 5.32 Å². The lowest BCUT2D eigenvalue weighted by molar-refractivity contribution is 0.102. The largest absolute Gasteiger partial charge is 0.306 e. The number of hydrogen-bond donors (Lipinski definition) is 1. The molecule has 0 spiro atoms. The van der Waals surface area contributed by atoms with Crippen molar-refractivity contribution < 1.29 is 4.79 Å². The molecule has 1 aliphatic rings. The molecule has 1 amide bonds. The van der Waals surface area contributed by atoms with Crippen molar-refractivity contribution in [3.8, 4) is 5.69 Å². The molecule has 0 radical (unpaired) electrons. The molecule has 4 nitrogen and oxygen atoms in total. The highest BCUT2D eigenvalue weighted by Gasteiger charge is 2.28. The van der Waals surface area contributed by atoms with Gasteiger partial charge in [-0.3, -0.25) is 4.79 Å². The molecule has 1 heterocycles. The van der Waals surface area contributed by atoms with E-state index in [1.807, 2.05) is 72.3 Å². The van der Waals surface area contributed by atoms with Gasteiger partial charge in [0.05, 0.1) is 11.4 Å². The molecule has 3 aromatic rings. The zero-order valence-corrected chi connectivity index (χ0v) is 13.6. The molecular weight excluding hydrogens is 298 g/mol. The molecule has 24 heavy (non-hydrogen) atoms. The first-order valence-corrected chi connectivity index (χ1v) is 8.24. The summed E-state index contributed by atoms with van der Waals surface area (Å²) in [5.74, 6) is 1.13. The predicted molar refractivity (Wildman–Crippen MR) is 94.7 cm³/mol. The fraction of sp³-hybridized carbons (Fsp3) is 0.200. The summed E-state index contributed by atoms with van der Waals surface area (Å²) < 4.78 is 1.82. The number of carbonyl (C=O) groups excluding carboxylic acids is 1. The van der Waals surface area contributed by atoms with Gasteiger partial charge in [-0.25, -0.2) is 4.68 Å². The van der Waals surface area contributed by atoms with E-state index in [4.69, 9.17) is 5.10 Å². The Morgan fingerprint density at radius 1 is 1.08 bits per heavy atom. The lowest BCUT2D eigenvalue weighted by atomic mass is 10.1. The number of carbonyl (C=O) groups is 1. The van der Waals surface area contributed by atoms with Crippen molar-refractivity contribution in [3.63, 3.8) is 0 Å². The van der Waals surface area contributed by atoms with Crippen LogP contribution >= 0.6 is 0 Å². The highest BCUT2D eigenvalue weighted by Crippen LogP contribution is 2.40. The van der Waals surface area contributed by atoms with Crippen LogP contribution in [0.3, 0.4) is 0 Å². The van der Waals surface area contributed by atoms with Gasteiger partial charge in [-0.05, 0) is 44.0 Å². The van der Waals surface area contributed by atoms with Gasteiger partial charge in [0.15, 0.2) is 0 Å². The Bertz CT molecular complexity index is 862. The molecule has 1 saturated carbocycles. The SMILES string of the molecule is Cc1ccc(C(=O)Nc2cc(C3CC3)nn2-c2ccccc2)cc1. The summed E-state index contributed by atoms with van der Waals surface area (Å²) >= 11 is 0. The van der Waals surface area contributed by atoms with E-state index < -0.39 is 0 Å². The number of anilines is 1. The molecule has 1 N–H and O–H groups in total. The summed E-state index contributed by atoms with van der Waals surface area (Å²) in [5, 5.41) is 7.71. The number of rotatable bonds is 4. The molecule has 4 rings (SSSR count). The summed E-state index contributed by atoms with van der Waals surface area (Å²) in [6, 6.07) is 19.5. The van der Waals surface area contributed by atoms with Gasteiger partial charge in [0.1, 0.15) is 5.82 Å². The average Bonchev–Trinajstić information content (AvgIpc) is 3.37. The van der Waals surface area contributed by atoms with E-state index in [1.165, 1.54) is 12.8 Å². The minimum atomic E-state index is -0.116. The molecule has 1 fully saturated rings. The van der Waals surface area contributed by atoms with Crippen LogP contribution in [0.15, 0.2) is 60.7 Å².